The highest BCUT2D eigenvalue weighted by atomic mass is 127. The maximum atomic E-state index is 4.83. The Morgan fingerprint density at radius 1 is 1.17 bits per heavy atom. The van der Waals surface area contributed by atoms with Crippen molar-refractivity contribution in [1.82, 2.24) is 15.6 Å². The third-order valence-electron chi connectivity index (χ3n) is 5.37. The van der Waals surface area contributed by atoms with Crippen molar-refractivity contribution in [1.29, 1.82) is 0 Å². The van der Waals surface area contributed by atoms with Gasteiger partial charge in [-0.25, -0.2) is 0 Å². The molecule has 3 aromatic rings. The van der Waals surface area contributed by atoms with Crippen LogP contribution in [-0.4, -0.2) is 43.2 Å². The standard InChI is InChI=1S/C23H29N5S.HI/c1-2-24-23(27-20-11-15-28(16-12-20)21-9-5-17-29-21)26-14-10-19-7-3-6-18-8-4-13-25-22(18)19;/h3-9,13,17,20H,2,10-12,14-16H2,1H3,(H2,24,26,27);1H. The van der Waals surface area contributed by atoms with Gasteiger partial charge in [0.1, 0.15) is 0 Å². The fourth-order valence-corrected chi connectivity index (χ4v) is 4.65. The Labute approximate surface area is 200 Å². The number of aromatic nitrogens is 1. The summed E-state index contributed by atoms with van der Waals surface area (Å²) in [6, 6.07) is 15.3. The van der Waals surface area contributed by atoms with Gasteiger partial charge in [-0.05, 0) is 55.3 Å². The normalized spacial score (nSPS) is 15.1. The number of rotatable bonds is 6. The Hall–Kier alpha value is -1.87. The van der Waals surface area contributed by atoms with Gasteiger partial charge in [-0.2, -0.15) is 0 Å². The number of nitrogens with zero attached hydrogens (tertiary/aromatic N) is 3. The molecular formula is C23H30IN5S. The van der Waals surface area contributed by atoms with E-state index in [4.69, 9.17) is 4.99 Å². The molecule has 0 amide bonds. The molecule has 160 valence electrons. The predicted octanol–water partition coefficient (Wildman–Crippen LogP) is 4.68. The van der Waals surface area contributed by atoms with E-state index in [1.165, 1.54) is 16.0 Å². The van der Waals surface area contributed by atoms with Gasteiger partial charge in [0.15, 0.2) is 5.96 Å². The van der Waals surface area contributed by atoms with Crippen LogP contribution in [0.3, 0.4) is 0 Å². The first-order chi connectivity index (χ1) is 14.3. The fraction of sp³-hybridized carbons (Fsp3) is 0.391. The van der Waals surface area contributed by atoms with Crippen LogP contribution in [0.5, 0.6) is 0 Å². The molecule has 0 spiro atoms. The summed E-state index contributed by atoms with van der Waals surface area (Å²) in [5, 5.41) is 11.8. The molecule has 1 aliphatic heterocycles. The maximum Gasteiger partial charge on any atom is 0.191 e. The first kappa shape index (κ1) is 22.8. The lowest BCUT2D eigenvalue weighted by molar-refractivity contribution is 0.463. The zero-order valence-electron chi connectivity index (χ0n) is 17.4. The number of nitrogens with one attached hydrogen (secondary N) is 2. The smallest absolute Gasteiger partial charge is 0.191 e. The van der Waals surface area contributed by atoms with E-state index in [9.17, 15) is 0 Å². The van der Waals surface area contributed by atoms with Crippen LogP contribution in [0.4, 0.5) is 5.00 Å². The van der Waals surface area contributed by atoms with Gasteiger partial charge in [-0.15, -0.1) is 35.3 Å². The first-order valence-electron chi connectivity index (χ1n) is 10.5. The van der Waals surface area contributed by atoms with E-state index in [0.29, 0.717) is 6.04 Å². The summed E-state index contributed by atoms with van der Waals surface area (Å²) >= 11 is 1.83. The second-order valence-electron chi connectivity index (χ2n) is 7.36. The van der Waals surface area contributed by atoms with Crippen LogP contribution < -0.4 is 15.5 Å². The number of hydrogen-bond acceptors (Lipinski definition) is 4. The molecule has 1 aliphatic rings. The molecule has 1 saturated heterocycles. The predicted molar refractivity (Wildman–Crippen MR) is 140 cm³/mol. The van der Waals surface area contributed by atoms with Gasteiger partial charge in [0.25, 0.3) is 0 Å². The number of para-hydroxylation sites is 1. The van der Waals surface area contributed by atoms with Crippen LogP contribution in [0.15, 0.2) is 59.0 Å². The molecule has 0 radical (unpaired) electrons. The number of halogens is 1. The van der Waals surface area contributed by atoms with Crippen LogP contribution in [0.1, 0.15) is 25.3 Å². The van der Waals surface area contributed by atoms with Gasteiger partial charge in [0.05, 0.1) is 10.5 Å². The Morgan fingerprint density at radius 3 is 2.77 bits per heavy atom. The van der Waals surface area contributed by atoms with E-state index in [-0.39, 0.29) is 24.0 Å². The van der Waals surface area contributed by atoms with E-state index < -0.39 is 0 Å². The van der Waals surface area contributed by atoms with E-state index in [1.54, 1.807) is 0 Å². The zero-order chi connectivity index (χ0) is 19.9. The third-order valence-corrected chi connectivity index (χ3v) is 6.29. The van der Waals surface area contributed by atoms with Gasteiger partial charge in [0, 0.05) is 43.8 Å². The third kappa shape index (κ3) is 5.85. The summed E-state index contributed by atoms with van der Waals surface area (Å²) in [6.07, 6.45) is 5.02. The van der Waals surface area contributed by atoms with Crippen molar-refractivity contribution in [3.8, 4) is 0 Å². The molecule has 3 heterocycles. The molecule has 0 bridgehead atoms. The molecule has 0 aliphatic carbocycles. The minimum Gasteiger partial charge on any atom is -0.363 e. The van der Waals surface area contributed by atoms with Gasteiger partial charge in [0.2, 0.25) is 0 Å². The summed E-state index contributed by atoms with van der Waals surface area (Å²) in [5.74, 6) is 0.926. The second-order valence-corrected chi connectivity index (χ2v) is 8.29. The Morgan fingerprint density at radius 2 is 2.00 bits per heavy atom. The lowest BCUT2D eigenvalue weighted by atomic mass is 10.1. The van der Waals surface area contributed by atoms with Crippen LogP contribution in [0.25, 0.3) is 10.9 Å². The number of piperidine rings is 1. The second kappa shape index (κ2) is 11.5. The molecule has 1 aromatic carbocycles. The van der Waals surface area contributed by atoms with Crippen LogP contribution in [0, 0.1) is 0 Å². The van der Waals surface area contributed by atoms with Gasteiger partial charge in [-0.3, -0.25) is 9.98 Å². The average Bonchev–Trinajstić information content (AvgIpc) is 3.29. The number of aliphatic imine (C=N–C) groups is 1. The van der Waals surface area contributed by atoms with Crippen LogP contribution >= 0.6 is 35.3 Å². The summed E-state index contributed by atoms with van der Waals surface area (Å²) < 4.78 is 0. The first-order valence-corrected chi connectivity index (χ1v) is 11.4. The summed E-state index contributed by atoms with van der Waals surface area (Å²) in [6.45, 7) is 5.93. The van der Waals surface area contributed by atoms with Crippen molar-refractivity contribution in [2.45, 2.75) is 32.2 Å². The topological polar surface area (TPSA) is 52.6 Å². The minimum atomic E-state index is 0. The molecular weight excluding hydrogens is 505 g/mol. The average molecular weight is 535 g/mol. The molecule has 2 aromatic heterocycles. The van der Waals surface area contributed by atoms with Crippen LogP contribution in [0.2, 0.25) is 0 Å². The molecule has 0 atom stereocenters. The Bertz CT molecular complexity index is 930. The summed E-state index contributed by atoms with van der Waals surface area (Å²) in [5.41, 5.74) is 2.34. The van der Waals surface area contributed by atoms with Gasteiger partial charge >= 0.3 is 0 Å². The monoisotopic (exact) mass is 535 g/mol. The van der Waals surface area contributed by atoms with Crippen molar-refractivity contribution < 1.29 is 0 Å². The SMILES string of the molecule is CCNC(=NCCc1cccc2cccnc12)NC1CCN(c2cccs2)CC1.I. The molecule has 0 saturated carbocycles. The Kier molecular flexibility index (Phi) is 8.74. The Balaban J connectivity index is 0.00000256. The minimum absolute atomic E-state index is 0. The molecule has 0 unspecified atom stereocenters. The van der Waals surface area contributed by atoms with Crippen molar-refractivity contribution in [2.75, 3.05) is 31.1 Å². The largest absolute Gasteiger partial charge is 0.363 e. The van der Waals surface area contributed by atoms with Gasteiger partial charge < -0.3 is 15.5 Å². The highest BCUT2D eigenvalue weighted by Gasteiger charge is 2.20. The number of hydrogen-bond donors (Lipinski definition) is 2. The van der Waals surface area contributed by atoms with Crippen molar-refractivity contribution in [3.63, 3.8) is 0 Å². The van der Waals surface area contributed by atoms with E-state index in [0.717, 1.165) is 56.9 Å². The van der Waals surface area contributed by atoms with E-state index in [2.05, 4.69) is 69.2 Å². The van der Waals surface area contributed by atoms with Crippen LogP contribution in [-0.2, 0) is 6.42 Å². The molecule has 30 heavy (non-hydrogen) atoms. The number of anilines is 1. The molecule has 2 N–H and O–H groups in total. The number of pyridine rings is 1. The number of guanidine groups is 1. The molecule has 4 rings (SSSR count). The molecule has 1 fully saturated rings. The highest BCUT2D eigenvalue weighted by molar-refractivity contribution is 14.0. The maximum absolute atomic E-state index is 4.83. The quantitative estimate of drug-likeness (QED) is 0.274. The fourth-order valence-electron chi connectivity index (χ4n) is 3.86. The van der Waals surface area contributed by atoms with Gasteiger partial charge in [-0.1, -0.05) is 24.3 Å². The molecule has 7 heteroatoms. The number of benzene rings is 1. The van der Waals surface area contributed by atoms with E-state index in [1.807, 2.05) is 23.6 Å². The van der Waals surface area contributed by atoms with E-state index >= 15 is 0 Å². The number of fused-ring (bicyclic) bond motifs is 1. The summed E-state index contributed by atoms with van der Waals surface area (Å²) in [4.78, 5) is 11.9. The zero-order valence-corrected chi connectivity index (χ0v) is 20.5. The highest BCUT2D eigenvalue weighted by Crippen LogP contribution is 2.24. The molecule has 5 nitrogen and oxygen atoms in total. The summed E-state index contributed by atoms with van der Waals surface area (Å²) in [7, 11) is 0. The van der Waals surface area contributed by atoms with Crippen molar-refractivity contribution >= 4 is 57.2 Å². The lowest BCUT2D eigenvalue weighted by Crippen LogP contribution is -2.48. The van der Waals surface area contributed by atoms with Crippen molar-refractivity contribution in [2.24, 2.45) is 4.99 Å². The number of thiophene rings is 1. The lowest BCUT2D eigenvalue weighted by Gasteiger charge is -2.33. The van der Waals surface area contributed by atoms with Crippen molar-refractivity contribution in [3.05, 3.63) is 59.6 Å².